The first-order chi connectivity index (χ1) is 10.7. The summed E-state index contributed by atoms with van der Waals surface area (Å²) in [6.45, 7) is 2.08. The Hall–Kier alpha value is -1.74. The fourth-order valence-corrected chi connectivity index (χ4v) is 2.78. The zero-order chi connectivity index (χ0) is 15.9. The van der Waals surface area contributed by atoms with Crippen LogP contribution in [0, 0.1) is 5.92 Å². The molecule has 0 saturated heterocycles. The average molecular weight is 359 g/mol. The van der Waals surface area contributed by atoms with Crippen LogP contribution in [0.25, 0.3) is 0 Å². The minimum Gasteiger partial charge on any atom is -0.303 e. The molecule has 0 heterocycles. The van der Waals surface area contributed by atoms with Crippen LogP contribution in [0.4, 0.5) is 0 Å². The van der Waals surface area contributed by atoms with Crippen molar-refractivity contribution >= 4 is 28.0 Å². The second-order valence-electron chi connectivity index (χ2n) is 5.37. The molecule has 2 nitrogen and oxygen atoms in total. The average Bonchev–Trinajstić information content (AvgIpc) is 2.55. The Morgan fingerprint density at radius 2 is 1.82 bits per heavy atom. The van der Waals surface area contributed by atoms with Gasteiger partial charge in [0.15, 0.2) is 5.78 Å². The van der Waals surface area contributed by atoms with Gasteiger partial charge in [0, 0.05) is 22.0 Å². The molecule has 0 amide bonds. The Labute approximate surface area is 139 Å². The summed E-state index contributed by atoms with van der Waals surface area (Å²) in [5, 5.41) is 0. The first kappa shape index (κ1) is 16.6. The summed E-state index contributed by atoms with van der Waals surface area (Å²) < 4.78 is 0.953. The maximum absolute atomic E-state index is 12.7. The summed E-state index contributed by atoms with van der Waals surface area (Å²) in [6.07, 6.45) is 3.19. The molecular weight excluding hydrogens is 340 g/mol. The molecular formula is C19H19BrO2. The molecule has 0 bridgehead atoms. The molecule has 1 atom stereocenters. The molecule has 22 heavy (non-hydrogen) atoms. The summed E-state index contributed by atoms with van der Waals surface area (Å²) in [6, 6.07) is 15.1. The first-order valence-corrected chi connectivity index (χ1v) is 8.26. The summed E-state index contributed by atoms with van der Waals surface area (Å²) in [5.41, 5.74) is 2.43. The van der Waals surface area contributed by atoms with E-state index in [2.05, 4.69) is 22.9 Å². The summed E-state index contributed by atoms with van der Waals surface area (Å²) >= 11 is 3.38. The molecule has 0 radical (unpaired) electrons. The Kier molecular flexibility index (Phi) is 6.08. The van der Waals surface area contributed by atoms with Crippen LogP contribution in [0.2, 0.25) is 0 Å². The Balaban J connectivity index is 2.29. The van der Waals surface area contributed by atoms with E-state index in [9.17, 15) is 9.59 Å². The van der Waals surface area contributed by atoms with Gasteiger partial charge in [-0.15, -0.1) is 0 Å². The van der Waals surface area contributed by atoms with Gasteiger partial charge in [0.05, 0.1) is 0 Å². The normalized spacial score (nSPS) is 11.9. The Morgan fingerprint density at radius 1 is 1.14 bits per heavy atom. The summed E-state index contributed by atoms with van der Waals surface area (Å²) in [7, 11) is 0. The maximum Gasteiger partial charge on any atom is 0.193 e. The standard InChI is InChI=1S/C19H19BrO2/c1-2-14(11-12-21)13-16-5-3-4-6-18(16)19(22)15-7-9-17(20)10-8-15/h3-10,12,14H,2,11,13H2,1H3/t14-/m1/s1. The van der Waals surface area contributed by atoms with Crippen molar-refractivity contribution in [2.45, 2.75) is 26.2 Å². The van der Waals surface area contributed by atoms with E-state index in [-0.39, 0.29) is 11.7 Å². The number of halogens is 1. The van der Waals surface area contributed by atoms with Gasteiger partial charge in [0.1, 0.15) is 6.29 Å². The molecule has 0 aromatic heterocycles. The second-order valence-corrected chi connectivity index (χ2v) is 6.29. The summed E-state index contributed by atoms with van der Waals surface area (Å²) in [4.78, 5) is 23.5. The number of hydrogen-bond donors (Lipinski definition) is 0. The molecule has 0 fully saturated rings. The van der Waals surface area contributed by atoms with E-state index < -0.39 is 0 Å². The van der Waals surface area contributed by atoms with Crippen LogP contribution < -0.4 is 0 Å². The molecule has 0 spiro atoms. The van der Waals surface area contributed by atoms with E-state index >= 15 is 0 Å². The molecule has 2 aromatic carbocycles. The lowest BCUT2D eigenvalue weighted by atomic mass is 9.89. The highest BCUT2D eigenvalue weighted by atomic mass is 79.9. The molecule has 2 aromatic rings. The van der Waals surface area contributed by atoms with Gasteiger partial charge in [-0.25, -0.2) is 0 Å². The van der Waals surface area contributed by atoms with Crippen molar-refractivity contribution in [3.8, 4) is 0 Å². The van der Waals surface area contributed by atoms with Crippen LogP contribution in [0.3, 0.4) is 0 Å². The number of hydrogen-bond acceptors (Lipinski definition) is 2. The molecule has 0 aliphatic carbocycles. The molecule has 0 saturated carbocycles. The van der Waals surface area contributed by atoms with Crippen LogP contribution in [0.5, 0.6) is 0 Å². The van der Waals surface area contributed by atoms with Crippen molar-refractivity contribution in [1.82, 2.24) is 0 Å². The van der Waals surface area contributed by atoms with Crippen LogP contribution >= 0.6 is 15.9 Å². The zero-order valence-electron chi connectivity index (χ0n) is 12.6. The van der Waals surface area contributed by atoms with E-state index in [0.717, 1.165) is 34.7 Å². The maximum atomic E-state index is 12.7. The van der Waals surface area contributed by atoms with Gasteiger partial charge in [-0.1, -0.05) is 53.5 Å². The number of carbonyl (C=O) groups is 2. The van der Waals surface area contributed by atoms with Crippen LogP contribution in [-0.2, 0) is 11.2 Å². The Bertz CT molecular complexity index is 647. The number of ketones is 1. The molecule has 0 N–H and O–H groups in total. The van der Waals surface area contributed by atoms with E-state index in [4.69, 9.17) is 0 Å². The van der Waals surface area contributed by atoms with Crippen LogP contribution in [0.1, 0.15) is 41.3 Å². The molecule has 0 aliphatic heterocycles. The highest BCUT2D eigenvalue weighted by molar-refractivity contribution is 9.10. The third-order valence-corrected chi connectivity index (χ3v) is 4.41. The van der Waals surface area contributed by atoms with Crippen molar-refractivity contribution in [2.24, 2.45) is 5.92 Å². The highest BCUT2D eigenvalue weighted by Gasteiger charge is 2.16. The lowest BCUT2D eigenvalue weighted by Crippen LogP contribution is -2.10. The van der Waals surface area contributed by atoms with Gasteiger partial charge in [-0.3, -0.25) is 4.79 Å². The van der Waals surface area contributed by atoms with Gasteiger partial charge in [-0.2, -0.15) is 0 Å². The molecule has 0 aliphatic rings. The fourth-order valence-electron chi connectivity index (χ4n) is 2.52. The van der Waals surface area contributed by atoms with Gasteiger partial charge in [0.25, 0.3) is 0 Å². The van der Waals surface area contributed by atoms with Gasteiger partial charge in [-0.05, 0) is 42.2 Å². The largest absolute Gasteiger partial charge is 0.303 e. The number of aldehydes is 1. The molecule has 3 heteroatoms. The van der Waals surface area contributed by atoms with E-state index in [1.165, 1.54) is 0 Å². The van der Waals surface area contributed by atoms with Crippen molar-refractivity contribution in [3.05, 3.63) is 69.7 Å². The Morgan fingerprint density at radius 3 is 2.45 bits per heavy atom. The third-order valence-electron chi connectivity index (χ3n) is 3.88. The van der Waals surface area contributed by atoms with Crippen molar-refractivity contribution in [3.63, 3.8) is 0 Å². The van der Waals surface area contributed by atoms with Gasteiger partial charge >= 0.3 is 0 Å². The zero-order valence-corrected chi connectivity index (χ0v) is 14.2. The minimum absolute atomic E-state index is 0.0315. The molecule has 0 unspecified atom stereocenters. The molecule has 114 valence electrons. The van der Waals surface area contributed by atoms with Crippen LogP contribution in [-0.4, -0.2) is 12.1 Å². The quantitative estimate of drug-likeness (QED) is 0.524. The van der Waals surface area contributed by atoms with Crippen molar-refractivity contribution in [1.29, 1.82) is 0 Å². The number of benzene rings is 2. The fraction of sp³-hybridized carbons (Fsp3) is 0.263. The van der Waals surface area contributed by atoms with E-state index in [0.29, 0.717) is 12.0 Å². The number of carbonyl (C=O) groups excluding carboxylic acids is 2. The van der Waals surface area contributed by atoms with Gasteiger partial charge < -0.3 is 4.79 Å². The topological polar surface area (TPSA) is 34.1 Å². The minimum atomic E-state index is 0.0315. The van der Waals surface area contributed by atoms with Gasteiger partial charge in [0.2, 0.25) is 0 Å². The SMILES string of the molecule is CC[C@H](CC=O)Cc1ccccc1C(=O)c1ccc(Br)cc1. The van der Waals surface area contributed by atoms with Crippen molar-refractivity contribution < 1.29 is 9.59 Å². The first-order valence-electron chi connectivity index (χ1n) is 7.47. The predicted octanol–water partition coefficient (Wildman–Crippen LogP) is 4.84. The number of rotatable bonds is 7. The van der Waals surface area contributed by atoms with Crippen molar-refractivity contribution in [2.75, 3.05) is 0 Å². The highest BCUT2D eigenvalue weighted by Crippen LogP contribution is 2.21. The second kappa shape index (κ2) is 8.04. The lowest BCUT2D eigenvalue weighted by molar-refractivity contribution is -0.108. The van der Waals surface area contributed by atoms with E-state index in [1.54, 1.807) is 0 Å². The van der Waals surface area contributed by atoms with Crippen LogP contribution in [0.15, 0.2) is 53.0 Å². The summed E-state index contributed by atoms with van der Waals surface area (Å²) in [5.74, 6) is 0.320. The predicted molar refractivity (Wildman–Crippen MR) is 92.2 cm³/mol. The molecule has 2 rings (SSSR count). The smallest absolute Gasteiger partial charge is 0.193 e. The van der Waals surface area contributed by atoms with E-state index in [1.807, 2.05) is 48.5 Å². The third kappa shape index (κ3) is 4.14. The lowest BCUT2D eigenvalue weighted by Gasteiger charge is -2.14. The monoisotopic (exact) mass is 358 g/mol.